The molecule has 0 aliphatic carbocycles. The number of fused-ring (bicyclic) bond motifs is 1. The molecule has 0 bridgehead atoms. The first-order valence-corrected chi connectivity index (χ1v) is 8.50. The van der Waals surface area contributed by atoms with E-state index >= 15 is 0 Å². The van der Waals surface area contributed by atoms with Crippen LogP contribution in [-0.2, 0) is 0 Å². The SMILES string of the molecule is BrC1=C(c2ccccc2)c2cc(-c3ccccc3)ccc2NC1. The Balaban J connectivity index is 1.89. The molecule has 4 rings (SSSR count). The molecule has 0 atom stereocenters. The van der Waals surface area contributed by atoms with Crippen LogP contribution in [-0.4, -0.2) is 6.54 Å². The van der Waals surface area contributed by atoms with E-state index in [9.17, 15) is 0 Å². The fourth-order valence-electron chi connectivity index (χ4n) is 3.04. The van der Waals surface area contributed by atoms with Crippen LogP contribution in [0.1, 0.15) is 11.1 Å². The van der Waals surface area contributed by atoms with Gasteiger partial charge >= 0.3 is 0 Å². The van der Waals surface area contributed by atoms with E-state index in [-0.39, 0.29) is 0 Å². The molecule has 3 aromatic rings. The smallest absolute Gasteiger partial charge is 0.0473 e. The molecular formula is C21H16BrN. The fourth-order valence-corrected chi connectivity index (χ4v) is 3.62. The number of benzene rings is 3. The zero-order valence-corrected chi connectivity index (χ0v) is 14.2. The minimum Gasteiger partial charge on any atom is -0.380 e. The molecule has 23 heavy (non-hydrogen) atoms. The second kappa shape index (κ2) is 6.05. The Morgan fingerprint density at radius 2 is 1.35 bits per heavy atom. The zero-order chi connectivity index (χ0) is 15.6. The molecule has 2 heteroatoms. The number of halogens is 1. The van der Waals surface area contributed by atoms with Crippen molar-refractivity contribution < 1.29 is 0 Å². The third kappa shape index (κ3) is 2.71. The van der Waals surface area contributed by atoms with Crippen LogP contribution in [0.4, 0.5) is 5.69 Å². The van der Waals surface area contributed by atoms with Gasteiger partial charge in [-0.05, 0) is 28.8 Å². The van der Waals surface area contributed by atoms with Crippen LogP contribution in [0.25, 0.3) is 16.7 Å². The summed E-state index contributed by atoms with van der Waals surface area (Å²) < 4.78 is 1.20. The van der Waals surface area contributed by atoms with Gasteiger partial charge in [-0.1, -0.05) is 82.7 Å². The number of rotatable bonds is 2. The summed E-state index contributed by atoms with van der Waals surface area (Å²) >= 11 is 3.76. The van der Waals surface area contributed by atoms with E-state index in [1.165, 1.54) is 38.0 Å². The highest BCUT2D eigenvalue weighted by Gasteiger charge is 2.19. The van der Waals surface area contributed by atoms with E-state index in [0.717, 1.165) is 6.54 Å². The van der Waals surface area contributed by atoms with Gasteiger partial charge in [-0.25, -0.2) is 0 Å². The lowest BCUT2D eigenvalue weighted by atomic mass is 9.91. The molecule has 0 radical (unpaired) electrons. The van der Waals surface area contributed by atoms with Gasteiger partial charge in [0.15, 0.2) is 0 Å². The summed E-state index contributed by atoms with van der Waals surface area (Å²) in [6.07, 6.45) is 0. The molecule has 0 saturated carbocycles. The van der Waals surface area contributed by atoms with Gasteiger partial charge in [0.25, 0.3) is 0 Å². The molecule has 0 amide bonds. The molecular weight excluding hydrogens is 346 g/mol. The van der Waals surface area contributed by atoms with Gasteiger partial charge in [0.05, 0.1) is 0 Å². The molecule has 3 aromatic carbocycles. The first-order valence-electron chi connectivity index (χ1n) is 7.71. The van der Waals surface area contributed by atoms with Crippen LogP contribution in [0.3, 0.4) is 0 Å². The molecule has 0 fully saturated rings. The van der Waals surface area contributed by atoms with Gasteiger partial charge in [-0.3, -0.25) is 0 Å². The molecule has 1 heterocycles. The van der Waals surface area contributed by atoms with Crippen molar-refractivity contribution in [3.8, 4) is 11.1 Å². The molecule has 1 N–H and O–H groups in total. The first-order chi connectivity index (χ1) is 11.3. The Hall–Kier alpha value is -2.32. The quantitative estimate of drug-likeness (QED) is 0.595. The normalized spacial score (nSPS) is 13.4. The van der Waals surface area contributed by atoms with Crippen LogP contribution >= 0.6 is 15.9 Å². The average Bonchev–Trinajstić information content (AvgIpc) is 2.62. The van der Waals surface area contributed by atoms with Gasteiger partial charge in [-0.2, -0.15) is 0 Å². The van der Waals surface area contributed by atoms with Crippen LogP contribution < -0.4 is 5.32 Å². The number of anilines is 1. The van der Waals surface area contributed by atoms with E-state index in [2.05, 4.69) is 100 Å². The second-order valence-electron chi connectivity index (χ2n) is 5.63. The third-order valence-electron chi connectivity index (χ3n) is 4.16. The lowest BCUT2D eigenvalue weighted by molar-refractivity contribution is 1.27. The Kier molecular flexibility index (Phi) is 3.76. The van der Waals surface area contributed by atoms with E-state index in [1.807, 2.05) is 0 Å². The minimum absolute atomic E-state index is 0.821. The third-order valence-corrected chi connectivity index (χ3v) is 4.84. The fraction of sp³-hybridized carbons (Fsp3) is 0.0476. The Labute approximate surface area is 144 Å². The lowest BCUT2D eigenvalue weighted by Gasteiger charge is -2.23. The number of nitrogens with one attached hydrogen (secondary N) is 1. The summed E-state index contributed by atoms with van der Waals surface area (Å²) in [6.45, 7) is 0.821. The Bertz CT molecular complexity index is 867. The van der Waals surface area contributed by atoms with Crippen molar-refractivity contribution in [3.63, 3.8) is 0 Å². The standard InChI is InChI=1S/C21H16BrN/c22-19-14-23-20-12-11-17(15-7-3-1-4-8-15)13-18(20)21(19)16-9-5-2-6-10-16/h1-13,23H,14H2. The van der Waals surface area contributed by atoms with Gasteiger partial charge in [-0.15, -0.1) is 0 Å². The molecule has 1 nitrogen and oxygen atoms in total. The predicted octanol–water partition coefficient (Wildman–Crippen LogP) is 5.93. The molecule has 1 aliphatic heterocycles. The maximum atomic E-state index is 3.76. The summed E-state index contributed by atoms with van der Waals surface area (Å²) in [7, 11) is 0. The molecule has 0 unspecified atom stereocenters. The van der Waals surface area contributed by atoms with Crippen molar-refractivity contribution in [1.29, 1.82) is 0 Å². The van der Waals surface area contributed by atoms with Crippen LogP contribution in [0.5, 0.6) is 0 Å². The first kappa shape index (κ1) is 14.3. The molecule has 0 aromatic heterocycles. The second-order valence-corrected chi connectivity index (χ2v) is 6.58. The summed E-state index contributed by atoms with van der Waals surface area (Å²) in [5.41, 5.74) is 7.43. The summed E-state index contributed by atoms with van der Waals surface area (Å²) in [5, 5.41) is 3.49. The monoisotopic (exact) mass is 361 g/mol. The maximum absolute atomic E-state index is 3.76. The van der Waals surface area contributed by atoms with Crippen molar-refractivity contribution >= 4 is 27.2 Å². The van der Waals surface area contributed by atoms with Gasteiger partial charge < -0.3 is 5.32 Å². The lowest BCUT2D eigenvalue weighted by Crippen LogP contribution is -2.12. The van der Waals surface area contributed by atoms with Gasteiger partial charge in [0.2, 0.25) is 0 Å². The van der Waals surface area contributed by atoms with E-state index in [1.54, 1.807) is 0 Å². The van der Waals surface area contributed by atoms with E-state index in [0.29, 0.717) is 0 Å². The highest BCUT2D eigenvalue weighted by molar-refractivity contribution is 9.11. The molecule has 0 spiro atoms. The topological polar surface area (TPSA) is 12.0 Å². The largest absolute Gasteiger partial charge is 0.380 e. The van der Waals surface area contributed by atoms with Crippen molar-refractivity contribution in [2.24, 2.45) is 0 Å². The maximum Gasteiger partial charge on any atom is 0.0473 e. The van der Waals surface area contributed by atoms with Crippen LogP contribution in [0.15, 0.2) is 83.3 Å². The average molecular weight is 362 g/mol. The van der Waals surface area contributed by atoms with Crippen LogP contribution in [0, 0.1) is 0 Å². The Morgan fingerprint density at radius 3 is 2.04 bits per heavy atom. The zero-order valence-electron chi connectivity index (χ0n) is 12.6. The van der Waals surface area contributed by atoms with Crippen molar-refractivity contribution in [2.45, 2.75) is 0 Å². The molecule has 1 aliphatic rings. The molecule has 0 saturated heterocycles. The summed E-state index contributed by atoms with van der Waals surface area (Å²) in [6, 6.07) is 27.7. The minimum atomic E-state index is 0.821. The van der Waals surface area contributed by atoms with Gasteiger partial charge in [0, 0.05) is 27.9 Å². The predicted molar refractivity (Wildman–Crippen MR) is 102 cm³/mol. The van der Waals surface area contributed by atoms with Crippen LogP contribution in [0.2, 0.25) is 0 Å². The Morgan fingerprint density at radius 1 is 0.696 bits per heavy atom. The van der Waals surface area contributed by atoms with Crippen molar-refractivity contribution in [2.75, 3.05) is 11.9 Å². The highest BCUT2D eigenvalue weighted by Crippen LogP contribution is 2.39. The van der Waals surface area contributed by atoms with Crippen molar-refractivity contribution in [1.82, 2.24) is 0 Å². The van der Waals surface area contributed by atoms with E-state index < -0.39 is 0 Å². The highest BCUT2D eigenvalue weighted by atomic mass is 79.9. The number of hydrogen-bond donors (Lipinski definition) is 1. The van der Waals surface area contributed by atoms with E-state index in [4.69, 9.17) is 0 Å². The van der Waals surface area contributed by atoms with Gasteiger partial charge in [0.1, 0.15) is 0 Å². The molecule has 112 valence electrons. The van der Waals surface area contributed by atoms with Crippen molar-refractivity contribution in [3.05, 3.63) is 94.5 Å². The summed E-state index contributed by atoms with van der Waals surface area (Å²) in [5.74, 6) is 0. The number of hydrogen-bond acceptors (Lipinski definition) is 1. The summed E-state index contributed by atoms with van der Waals surface area (Å²) in [4.78, 5) is 0.